The molecule has 24 heavy (non-hydrogen) atoms. The summed E-state index contributed by atoms with van der Waals surface area (Å²) in [5.74, 6) is -0.534. The molecule has 0 saturated carbocycles. The number of likely N-dealkylation sites (tertiary alicyclic amines) is 1. The molecule has 0 spiro atoms. The topological polar surface area (TPSA) is 64.4 Å². The highest BCUT2D eigenvalue weighted by molar-refractivity contribution is 5.94. The van der Waals surface area contributed by atoms with Crippen LogP contribution in [-0.4, -0.2) is 46.3 Å². The quantitative estimate of drug-likeness (QED) is 0.808. The van der Waals surface area contributed by atoms with Crippen molar-refractivity contribution in [1.82, 2.24) is 14.7 Å². The highest BCUT2D eigenvalue weighted by Crippen LogP contribution is 2.20. The first-order valence-corrected chi connectivity index (χ1v) is 8.25. The summed E-state index contributed by atoms with van der Waals surface area (Å²) in [4.78, 5) is 26.3. The molecular formula is C18H21N3O3. The van der Waals surface area contributed by atoms with E-state index in [4.69, 9.17) is 4.74 Å². The van der Waals surface area contributed by atoms with Gasteiger partial charge < -0.3 is 9.64 Å². The molecule has 1 aliphatic rings. The Morgan fingerprint density at radius 3 is 2.83 bits per heavy atom. The van der Waals surface area contributed by atoms with E-state index in [2.05, 4.69) is 5.10 Å². The van der Waals surface area contributed by atoms with Crippen LogP contribution in [-0.2, 0) is 9.53 Å². The van der Waals surface area contributed by atoms with Gasteiger partial charge in [0.05, 0.1) is 30.0 Å². The van der Waals surface area contributed by atoms with Gasteiger partial charge >= 0.3 is 5.97 Å². The largest absolute Gasteiger partial charge is 0.466 e. The molecule has 1 aliphatic heterocycles. The molecule has 1 unspecified atom stereocenters. The van der Waals surface area contributed by atoms with Crippen LogP contribution in [0.3, 0.4) is 0 Å². The Kier molecular flexibility index (Phi) is 4.93. The van der Waals surface area contributed by atoms with E-state index >= 15 is 0 Å². The van der Waals surface area contributed by atoms with E-state index in [0.717, 1.165) is 18.5 Å². The number of hydrogen-bond acceptors (Lipinski definition) is 4. The molecule has 0 radical (unpaired) electrons. The molecule has 0 N–H and O–H groups in total. The maximum Gasteiger partial charge on any atom is 0.310 e. The summed E-state index contributed by atoms with van der Waals surface area (Å²) in [7, 11) is 0. The fourth-order valence-corrected chi connectivity index (χ4v) is 2.95. The molecule has 126 valence electrons. The lowest BCUT2D eigenvalue weighted by Crippen LogP contribution is -2.42. The Hall–Kier alpha value is -2.63. The second-order valence-electron chi connectivity index (χ2n) is 5.85. The van der Waals surface area contributed by atoms with Crippen LogP contribution < -0.4 is 0 Å². The van der Waals surface area contributed by atoms with Crippen molar-refractivity contribution in [3.63, 3.8) is 0 Å². The molecule has 2 aromatic rings. The van der Waals surface area contributed by atoms with Crippen molar-refractivity contribution in [2.75, 3.05) is 19.7 Å². The van der Waals surface area contributed by atoms with Crippen molar-refractivity contribution >= 4 is 11.9 Å². The van der Waals surface area contributed by atoms with Crippen LogP contribution in [0.1, 0.15) is 30.1 Å². The molecular weight excluding hydrogens is 306 g/mol. The predicted molar refractivity (Wildman–Crippen MR) is 88.8 cm³/mol. The van der Waals surface area contributed by atoms with Gasteiger partial charge in [-0.25, -0.2) is 4.68 Å². The maximum atomic E-state index is 12.7. The number of para-hydroxylation sites is 1. The van der Waals surface area contributed by atoms with Crippen molar-refractivity contribution < 1.29 is 14.3 Å². The zero-order valence-corrected chi connectivity index (χ0v) is 13.7. The molecule has 0 bridgehead atoms. The first-order chi connectivity index (χ1) is 11.7. The molecule has 1 amide bonds. The lowest BCUT2D eigenvalue weighted by Gasteiger charge is -2.31. The van der Waals surface area contributed by atoms with Crippen LogP contribution in [0.4, 0.5) is 0 Å². The number of piperidine rings is 1. The van der Waals surface area contributed by atoms with Gasteiger partial charge in [-0.3, -0.25) is 9.59 Å². The Labute approximate surface area is 141 Å². The van der Waals surface area contributed by atoms with Crippen molar-refractivity contribution in [3.05, 3.63) is 48.3 Å². The summed E-state index contributed by atoms with van der Waals surface area (Å²) in [5, 5.41) is 4.26. The smallest absolute Gasteiger partial charge is 0.310 e. The number of rotatable bonds is 4. The minimum Gasteiger partial charge on any atom is -0.466 e. The van der Waals surface area contributed by atoms with Gasteiger partial charge in [0.15, 0.2) is 0 Å². The third kappa shape index (κ3) is 3.48. The second-order valence-corrected chi connectivity index (χ2v) is 5.85. The molecule has 0 aliphatic carbocycles. The zero-order chi connectivity index (χ0) is 16.9. The molecule has 3 rings (SSSR count). The molecule has 6 heteroatoms. The number of carbonyl (C=O) groups is 2. The van der Waals surface area contributed by atoms with Gasteiger partial charge in [0, 0.05) is 19.3 Å². The maximum absolute atomic E-state index is 12.7. The molecule has 1 atom stereocenters. The summed E-state index contributed by atoms with van der Waals surface area (Å²) >= 11 is 0. The van der Waals surface area contributed by atoms with Crippen LogP contribution in [0, 0.1) is 5.92 Å². The monoisotopic (exact) mass is 327 g/mol. The minimum absolute atomic E-state index is 0.0915. The Bertz CT molecular complexity index is 711. The standard InChI is InChI=1S/C18H21N3O3/c1-2-24-18(23)14-7-6-10-20(12-14)17(22)15-11-19-21(13-15)16-8-4-3-5-9-16/h3-5,8-9,11,13-14H,2,6-7,10,12H2,1H3. The summed E-state index contributed by atoms with van der Waals surface area (Å²) < 4.78 is 6.76. The van der Waals surface area contributed by atoms with Crippen LogP contribution in [0.25, 0.3) is 5.69 Å². The van der Waals surface area contributed by atoms with Gasteiger partial charge in [-0.1, -0.05) is 18.2 Å². The number of carbonyl (C=O) groups excluding carboxylic acids is 2. The molecule has 1 aromatic carbocycles. The number of benzene rings is 1. The lowest BCUT2D eigenvalue weighted by atomic mass is 9.98. The van der Waals surface area contributed by atoms with Crippen molar-refractivity contribution in [2.45, 2.75) is 19.8 Å². The lowest BCUT2D eigenvalue weighted by molar-refractivity contribution is -0.149. The van der Waals surface area contributed by atoms with Crippen molar-refractivity contribution in [1.29, 1.82) is 0 Å². The Morgan fingerprint density at radius 2 is 2.08 bits per heavy atom. The third-order valence-electron chi connectivity index (χ3n) is 4.18. The van der Waals surface area contributed by atoms with E-state index in [1.54, 1.807) is 28.9 Å². The van der Waals surface area contributed by atoms with Crippen molar-refractivity contribution in [3.8, 4) is 5.69 Å². The van der Waals surface area contributed by atoms with E-state index in [1.165, 1.54) is 0 Å². The average Bonchev–Trinajstić information content (AvgIpc) is 3.12. The fourth-order valence-electron chi connectivity index (χ4n) is 2.95. The number of hydrogen-bond donors (Lipinski definition) is 0. The minimum atomic E-state index is -0.230. The van der Waals surface area contributed by atoms with Gasteiger partial charge in [0.1, 0.15) is 0 Å². The SMILES string of the molecule is CCOC(=O)C1CCCN(C(=O)c2cnn(-c3ccccc3)c2)C1. The van der Waals surface area contributed by atoms with Crippen LogP contribution in [0.2, 0.25) is 0 Å². The van der Waals surface area contributed by atoms with E-state index < -0.39 is 0 Å². The Morgan fingerprint density at radius 1 is 1.29 bits per heavy atom. The van der Waals surface area contributed by atoms with Crippen LogP contribution in [0.5, 0.6) is 0 Å². The van der Waals surface area contributed by atoms with E-state index in [9.17, 15) is 9.59 Å². The third-order valence-corrected chi connectivity index (χ3v) is 4.18. The summed E-state index contributed by atoms with van der Waals surface area (Å²) in [6, 6.07) is 9.64. The van der Waals surface area contributed by atoms with E-state index in [0.29, 0.717) is 25.3 Å². The number of aromatic nitrogens is 2. The highest BCUT2D eigenvalue weighted by atomic mass is 16.5. The van der Waals surface area contributed by atoms with Crippen molar-refractivity contribution in [2.24, 2.45) is 5.92 Å². The van der Waals surface area contributed by atoms with Gasteiger partial charge in [-0.05, 0) is 31.9 Å². The Balaban J connectivity index is 1.70. The molecule has 1 fully saturated rings. The second kappa shape index (κ2) is 7.29. The molecule has 1 saturated heterocycles. The normalized spacial score (nSPS) is 17.5. The number of esters is 1. The first-order valence-electron chi connectivity index (χ1n) is 8.25. The zero-order valence-electron chi connectivity index (χ0n) is 13.7. The average molecular weight is 327 g/mol. The first kappa shape index (κ1) is 16.2. The van der Waals surface area contributed by atoms with E-state index in [-0.39, 0.29) is 17.8 Å². The van der Waals surface area contributed by atoms with Gasteiger partial charge in [-0.15, -0.1) is 0 Å². The van der Waals surface area contributed by atoms with Gasteiger partial charge in [-0.2, -0.15) is 5.10 Å². The molecule has 6 nitrogen and oxygen atoms in total. The number of ether oxygens (including phenoxy) is 1. The fraction of sp³-hybridized carbons (Fsp3) is 0.389. The number of amides is 1. The van der Waals surface area contributed by atoms with Crippen LogP contribution in [0.15, 0.2) is 42.7 Å². The van der Waals surface area contributed by atoms with Crippen LogP contribution >= 0.6 is 0 Å². The highest BCUT2D eigenvalue weighted by Gasteiger charge is 2.30. The predicted octanol–water partition coefficient (Wildman–Crippen LogP) is 2.29. The molecule has 2 heterocycles. The summed E-state index contributed by atoms with van der Waals surface area (Å²) in [6.07, 6.45) is 4.88. The molecule has 1 aromatic heterocycles. The van der Waals surface area contributed by atoms with Gasteiger partial charge in [0.2, 0.25) is 0 Å². The summed E-state index contributed by atoms with van der Waals surface area (Å²) in [6.45, 7) is 3.23. The summed E-state index contributed by atoms with van der Waals surface area (Å²) in [5.41, 5.74) is 1.43. The van der Waals surface area contributed by atoms with Gasteiger partial charge in [0.25, 0.3) is 5.91 Å². The number of nitrogens with zero attached hydrogens (tertiary/aromatic N) is 3. The van der Waals surface area contributed by atoms with E-state index in [1.807, 2.05) is 30.3 Å².